The molecule has 1 amide bonds. The van der Waals surface area contributed by atoms with E-state index in [1.165, 1.54) is 10.6 Å². The summed E-state index contributed by atoms with van der Waals surface area (Å²) in [6.07, 6.45) is 1.24. The van der Waals surface area contributed by atoms with Crippen LogP contribution in [0.3, 0.4) is 0 Å². The van der Waals surface area contributed by atoms with Crippen molar-refractivity contribution < 1.29 is 41.4 Å². The number of benzene rings is 3. The van der Waals surface area contributed by atoms with Crippen LogP contribution in [-0.2, 0) is 9.63 Å². The Morgan fingerprint density at radius 1 is 0.569 bits per heavy atom. The minimum atomic E-state index is -1.72. The number of nitrogens with zero attached hydrogens (tertiary/aromatic N) is 1. The summed E-state index contributed by atoms with van der Waals surface area (Å²) in [6.45, 7) is 29.5. The van der Waals surface area contributed by atoms with Gasteiger partial charge in [0.05, 0.1) is 5.60 Å². The minimum absolute atomic E-state index is 0.00919. The van der Waals surface area contributed by atoms with E-state index < -0.39 is 40.2 Å². The second kappa shape index (κ2) is 18.4. The van der Waals surface area contributed by atoms with Gasteiger partial charge >= 0.3 is 0 Å². The Hall–Kier alpha value is -4.05. The topological polar surface area (TPSA) is 57.2 Å². The van der Waals surface area contributed by atoms with E-state index in [2.05, 4.69) is 25.6 Å². The average molecular weight is 720 g/mol. The smallest absolute Gasteiger partial charge is 0.250 e. The molecule has 0 atom stereocenters. The summed E-state index contributed by atoms with van der Waals surface area (Å²) in [5.41, 5.74) is -0.0119. The van der Waals surface area contributed by atoms with Crippen LogP contribution in [0.2, 0.25) is 0 Å². The molecule has 0 aliphatic carbocycles. The molecule has 284 valence electrons. The van der Waals surface area contributed by atoms with Crippen molar-refractivity contribution in [1.82, 2.24) is 5.06 Å². The molecule has 3 aromatic carbocycles. The minimum Gasteiger partial charge on any atom is -0.488 e. The molecule has 1 heterocycles. The van der Waals surface area contributed by atoms with E-state index in [0.29, 0.717) is 6.42 Å². The van der Waals surface area contributed by atoms with Gasteiger partial charge in [0.15, 0.2) is 23.2 Å². The number of hydrogen-bond donors (Lipinski definition) is 0. The van der Waals surface area contributed by atoms with Crippen LogP contribution in [-0.4, -0.2) is 33.4 Å². The van der Waals surface area contributed by atoms with E-state index in [1.54, 1.807) is 20.8 Å². The average Bonchev–Trinajstić information content (AvgIpc) is 3.29. The van der Waals surface area contributed by atoms with Gasteiger partial charge in [-0.15, -0.1) is 0 Å². The molecule has 4 rings (SSSR count). The van der Waals surface area contributed by atoms with Gasteiger partial charge in [-0.3, -0.25) is 9.63 Å². The van der Waals surface area contributed by atoms with Crippen molar-refractivity contribution in [2.45, 2.75) is 132 Å². The molecule has 0 radical (unpaired) electrons. The summed E-state index contributed by atoms with van der Waals surface area (Å²) in [4.78, 5) is 16.6. The molecule has 0 N–H and O–H groups in total. The van der Waals surface area contributed by atoms with Crippen LogP contribution >= 0.6 is 0 Å². The molecule has 0 saturated carbocycles. The highest BCUT2D eigenvalue weighted by atomic mass is 19.2. The van der Waals surface area contributed by atoms with Gasteiger partial charge in [0.2, 0.25) is 5.82 Å². The maximum atomic E-state index is 13.5. The van der Waals surface area contributed by atoms with Crippen LogP contribution in [0.15, 0.2) is 66.9 Å². The fourth-order valence-electron chi connectivity index (χ4n) is 3.94. The Bertz CT molecular complexity index is 1520. The highest BCUT2D eigenvalue weighted by Gasteiger charge is 2.29. The summed E-state index contributed by atoms with van der Waals surface area (Å²) in [5.74, 6) is -5.12. The number of amides is 1. The lowest BCUT2D eigenvalue weighted by atomic mass is 10.1. The van der Waals surface area contributed by atoms with E-state index in [1.807, 2.05) is 105 Å². The number of allylic oxidation sites excluding steroid dienone is 1. The molecule has 0 aromatic heterocycles. The van der Waals surface area contributed by atoms with Crippen molar-refractivity contribution in [2.24, 2.45) is 0 Å². The molecule has 0 unspecified atom stereocenters. The first-order valence-corrected chi connectivity index (χ1v) is 16.8. The lowest BCUT2D eigenvalue weighted by molar-refractivity contribution is -0.205. The second-order valence-electron chi connectivity index (χ2n) is 15.9. The van der Waals surface area contributed by atoms with Crippen molar-refractivity contribution in [3.05, 3.63) is 101 Å². The van der Waals surface area contributed by atoms with Crippen molar-refractivity contribution in [1.29, 1.82) is 0 Å². The molecular formula is C41H57F4NO5. The molecule has 3 aromatic rings. The van der Waals surface area contributed by atoms with Gasteiger partial charge in [0.25, 0.3) is 5.91 Å². The molecule has 1 aliphatic heterocycles. The van der Waals surface area contributed by atoms with Gasteiger partial charge in [-0.25, -0.2) is 13.2 Å². The molecule has 6 nitrogen and oxygen atoms in total. The Kier molecular flexibility index (Phi) is 16.3. The number of hydrogen-bond acceptors (Lipinski definition) is 5. The number of aryl methyl sites for hydroxylation is 1. The van der Waals surface area contributed by atoms with Crippen molar-refractivity contribution in [3.8, 4) is 17.2 Å². The number of hydroxylamine groups is 2. The molecular weight excluding hydrogens is 662 g/mol. The molecule has 1 saturated heterocycles. The van der Waals surface area contributed by atoms with Crippen LogP contribution in [0, 0.1) is 37.1 Å². The quantitative estimate of drug-likeness (QED) is 0.153. The van der Waals surface area contributed by atoms with Gasteiger partial charge in [-0.05, 0) is 128 Å². The number of carbonyl (C=O) groups is 1. The third kappa shape index (κ3) is 17.6. The third-order valence-electron chi connectivity index (χ3n) is 5.97. The maximum Gasteiger partial charge on any atom is 0.250 e. The predicted octanol–water partition coefficient (Wildman–Crippen LogP) is 11.6. The first kappa shape index (κ1) is 45.0. The largest absolute Gasteiger partial charge is 0.488 e. The van der Waals surface area contributed by atoms with Gasteiger partial charge in [0, 0.05) is 17.7 Å². The summed E-state index contributed by atoms with van der Waals surface area (Å²) < 4.78 is 68.9. The van der Waals surface area contributed by atoms with Crippen LogP contribution in [0.25, 0.3) is 0 Å². The van der Waals surface area contributed by atoms with Crippen LogP contribution in [0.4, 0.5) is 17.6 Å². The molecule has 1 aliphatic rings. The van der Waals surface area contributed by atoms with E-state index in [-0.39, 0.29) is 22.7 Å². The Balaban J connectivity index is 0.000000344. The van der Waals surface area contributed by atoms with Gasteiger partial charge in [0.1, 0.15) is 28.3 Å². The van der Waals surface area contributed by atoms with Crippen molar-refractivity contribution in [3.63, 3.8) is 0 Å². The summed E-state index contributed by atoms with van der Waals surface area (Å²) in [5, 5.41) is 1.32. The lowest BCUT2D eigenvalue weighted by Gasteiger charge is -2.26. The van der Waals surface area contributed by atoms with Crippen molar-refractivity contribution >= 4 is 5.91 Å². The standard InChI is InChI=1S/C11H12F4O.C11H16O.C10H14O.C9H15NO2/c1-5-6(12)8(14)9(15)10(7(5)13)16-11(2,3)4;1-9-5-7-10(8-6-9)12-11(2,3)4;1-10(2,3)11-9-7-5-4-6-8-9;1-7-5-6-8(11)10(7)12-9(2,3)4/h1-4H3;5-8H,1-4H3;4-8H,1-3H3;1,5-6H2,2-4H3. The van der Waals surface area contributed by atoms with Crippen LogP contribution < -0.4 is 14.2 Å². The molecule has 10 heteroatoms. The van der Waals surface area contributed by atoms with Crippen LogP contribution in [0.5, 0.6) is 17.2 Å². The first-order valence-electron chi connectivity index (χ1n) is 16.8. The Morgan fingerprint density at radius 2 is 1.02 bits per heavy atom. The highest BCUT2D eigenvalue weighted by Crippen LogP contribution is 2.32. The normalized spacial score (nSPS) is 13.3. The Labute approximate surface area is 302 Å². The Morgan fingerprint density at radius 3 is 1.41 bits per heavy atom. The molecule has 1 fully saturated rings. The molecule has 0 bridgehead atoms. The monoisotopic (exact) mass is 719 g/mol. The summed E-state index contributed by atoms with van der Waals surface area (Å²) in [6, 6.07) is 18.0. The fourth-order valence-corrected chi connectivity index (χ4v) is 3.94. The van der Waals surface area contributed by atoms with Crippen molar-refractivity contribution in [2.75, 3.05) is 0 Å². The zero-order chi connectivity index (χ0) is 39.5. The van der Waals surface area contributed by atoms with Gasteiger partial charge in [-0.2, -0.15) is 9.45 Å². The van der Waals surface area contributed by atoms with E-state index in [9.17, 15) is 22.4 Å². The first-order chi connectivity index (χ1) is 23.1. The maximum absolute atomic E-state index is 13.5. The fraction of sp³-hybridized carbons (Fsp3) is 0.488. The molecule has 51 heavy (non-hydrogen) atoms. The second-order valence-corrected chi connectivity index (χ2v) is 15.9. The number of halogens is 4. The van der Waals surface area contributed by atoms with E-state index >= 15 is 0 Å². The van der Waals surface area contributed by atoms with Gasteiger partial charge < -0.3 is 14.2 Å². The van der Waals surface area contributed by atoms with Crippen LogP contribution in [0.1, 0.15) is 107 Å². The number of ether oxygens (including phenoxy) is 3. The summed E-state index contributed by atoms with van der Waals surface area (Å²) in [7, 11) is 0. The predicted molar refractivity (Wildman–Crippen MR) is 196 cm³/mol. The number of rotatable bonds is 4. The number of para-hydroxylation sites is 1. The number of carbonyl (C=O) groups excluding carboxylic acids is 1. The summed E-state index contributed by atoms with van der Waals surface area (Å²) >= 11 is 0. The van der Waals surface area contributed by atoms with E-state index in [0.717, 1.165) is 30.5 Å². The molecule has 0 spiro atoms. The van der Waals surface area contributed by atoms with E-state index in [4.69, 9.17) is 19.0 Å². The zero-order valence-electron chi connectivity index (χ0n) is 32.8. The van der Waals surface area contributed by atoms with Gasteiger partial charge in [-0.1, -0.05) is 42.5 Å². The zero-order valence-corrected chi connectivity index (χ0v) is 32.8. The highest BCUT2D eigenvalue weighted by molar-refractivity contribution is 5.79. The SMILES string of the molecule is C=C1CCC(=O)N1OC(C)(C)C.CC(C)(C)Oc1ccccc1.Cc1c(F)c(F)c(F)c(OC(C)(C)C)c1F.Cc1ccc(OC(C)(C)C)cc1. The third-order valence-corrected chi connectivity index (χ3v) is 5.97. The lowest BCUT2D eigenvalue weighted by Crippen LogP contribution is -2.33.